The van der Waals surface area contributed by atoms with Gasteiger partial charge in [0.15, 0.2) is 0 Å². The molecule has 3 atom stereocenters. The SMILES string of the molecule is CCC1C[C@H](C(=O)N(C)C2CC2)[C@H](C(=O)O)C1. The van der Waals surface area contributed by atoms with Crippen LogP contribution in [-0.4, -0.2) is 35.0 Å². The van der Waals surface area contributed by atoms with Gasteiger partial charge in [-0.25, -0.2) is 0 Å². The van der Waals surface area contributed by atoms with E-state index in [0.29, 0.717) is 18.4 Å². The Morgan fingerprint density at radius 2 is 1.82 bits per heavy atom. The van der Waals surface area contributed by atoms with E-state index >= 15 is 0 Å². The Bertz CT molecular complexity index is 325. The van der Waals surface area contributed by atoms with Gasteiger partial charge in [-0.2, -0.15) is 0 Å². The van der Waals surface area contributed by atoms with Gasteiger partial charge in [0.1, 0.15) is 0 Å². The molecule has 1 N–H and O–H groups in total. The number of hydrogen-bond acceptors (Lipinski definition) is 2. The molecular formula is C13H21NO3. The molecule has 0 spiro atoms. The summed E-state index contributed by atoms with van der Waals surface area (Å²) in [7, 11) is 1.82. The van der Waals surface area contributed by atoms with E-state index in [0.717, 1.165) is 25.7 Å². The summed E-state index contributed by atoms with van der Waals surface area (Å²) in [5.74, 6) is -1.10. The van der Waals surface area contributed by atoms with Crippen molar-refractivity contribution in [3.05, 3.63) is 0 Å². The van der Waals surface area contributed by atoms with Crippen LogP contribution in [0.4, 0.5) is 0 Å². The lowest BCUT2D eigenvalue weighted by Gasteiger charge is -2.23. The Kier molecular flexibility index (Phi) is 3.40. The first-order valence-corrected chi connectivity index (χ1v) is 6.54. The summed E-state index contributed by atoms with van der Waals surface area (Å²) in [5, 5.41) is 9.21. The van der Waals surface area contributed by atoms with Crippen LogP contribution in [0.25, 0.3) is 0 Å². The molecule has 4 nitrogen and oxygen atoms in total. The molecule has 0 aromatic heterocycles. The highest BCUT2D eigenvalue weighted by Gasteiger charge is 2.45. The summed E-state index contributed by atoms with van der Waals surface area (Å²) in [4.78, 5) is 25.3. The van der Waals surface area contributed by atoms with E-state index in [4.69, 9.17) is 0 Å². The smallest absolute Gasteiger partial charge is 0.307 e. The Labute approximate surface area is 102 Å². The highest BCUT2D eigenvalue weighted by Crippen LogP contribution is 2.40. The first-order valence-electron chi connectivity index (χ1n) is 6.54. The van der Waals surface area contributed by atoms with Crippen LogP contribution in [0.15, 0.2) is 0 Å². The molecule has 1 unspecified atom stereocenters. The van der Waals surface area contributed by atoms with Gasteiger partial charge >= 0.3 is 5.97 Å². The highest BCUT2D eigenvalue weighted by atomic mass is 16.4. The van der Waals surface area contributed by atoms with Crippen molar-refractivity contribution >= 4 is 11.9 Å². The molecule has 2 fully saturated rings. The second-order valence-corrected chi connectivity index (χ2v) is 5.48. The van der Waals surface area contributed by atoms with E-state index in [2.05, 4.69) is 6.92 Å². The molecule has 1 amide bonds. The molecule has 0 bridgehead atoms. The van der Waals surface area contributed by atoms with Crippen molar-refractivity contribution in [3.63, 3.8) is 0 Å². The summed E-state index contributed by atoms with van der Waals surface area (Å²) < 4.78 is 0. The predicted molar refractivity (Wildman–Crippen MR) is 63.4 cm³/mol. The molecule has 2 saturated carbocycles. The van der Waals surface area contributed by atoms with Gasteiger partial charge in [0.05, 0.1) is 11.8 Å². The third-order valence-electron chi connectivity index (χ3n) is 4.31. The van der Waals surface area contributed by atoms with E-state index in [1.807, 2.05) is 7.05 Å². The van der Waals surface area contributed by atoms with Crippen molar-refractivity contribution in [2.45, 2.75) is 45.1 Å². The van der Waals surface area contributed by atoms with Crippen LogP contribution in [0, 0.1) is 17.8 Å². The second-order valence-electron chi connectivity index (χ2n) is 5.48. The van der Waals surface area contributed by atoms with Crippen LogP contribution in [-0.2, 0) is 9.59 Å². The third kappa shape index (κ3) is 2.45. The van der Waals surface area contributed by atoms with Gasteiger partial charge < -0.3 is 10.0 Å². The van der Waals surface area contributed by atoms with Gasteiger partial charge in [-0.15, -0.1) is 0 Å². The molecule has 0 aromatic carbocycles. The van der Waals surface area contributed by atoms with E-state index in [1.54, 1.807) is 4.90 Å². The number of hydrogen-bond donors (Lipinski definition) is 1. The van der Waals surface area contributed by atoms with Crippen LogP contribution in [0.2, 0.25) is 0 Å². The summed E-state index contributed by atoms with van der Waals surface area (Å²) in [6.07, 6.45) is 4.54. The van der Waals surface area contributed by atoms with Crippen molar-refractivity contribution in [2.75, 3.05) is 7.05 Å². The van der Waals surface area contributed by atoms with Crippen molar-refractivity contribution in [2.24, 2.45) is 17.8 Å². The minimum atomic E-state index is -0.802. The Balaban J connectivity index is 2.06. The van der Waals surface area contributed by atoms with Crippen LogP contribution in [0.3, 0.4) is 0 Å². The average Bonchev–Trinajstić information content (AvgIpc) is 3.05. The number of nitrogens with zero attached hydrogens (tertiary/aromatic N) is 1. The zero-order valence-electron chi connectivity index (χ0n) is 10.6. The zero-order valence-corrected chi connectivity index (χ0v) is 10.6. The molecule has 0 aliphatic heterocycles. The summed E-state index contributed by atoms with van der Waals surface area (Å²) in [5.41, 5.74) is 0. The quantitative estimate of drug-likeness (QED) is 0.813. The molecule has 0 saturated heterocycles. The van der Waals surface area contributed by atoms with Crippen LogP contribution < -0.4 is 0 Å². The van der Waals surface area contributed by atoms with Gasteiger partial charge in [-0.3, -0.25) is 9.59 Å². The monoisotopic (exact) mass is 239 g/mol. The topological polar surface area (TPSA) is 57.6 Å². The molecule has 0 aromatic rings. The molecule has 17 heavy (non-hydrogen) atoms. The number of carboxylic acids is 1. The molecule has 96 valence electrons. The number of carbonyl (C=O) groups excluding carboxylic acids is 1. The van der Waals surface area contributed by atoms with Gasteiger partial charge in [0.2, 0.25) is 5.91 Å². The van der Waals surface area contributed by atoms with Crippen molar-refractivity contribution in [1.29, 1.82) is 0 Å². The normalized spacial score (nSPS) is 32.5. The minimum absolute atomic E-state index is 0.0517. The van der Waals surface area contributed by atoms with Crippen molar-refractivity contribution in [1.82, 2.24) is 4.90 Å². The molecule has 2 aliphatic rings. The lowest BCUT2D eigenvalue weighted by molar-refractivity contribution is -0.148. The van der Waals surface area contributed by atoms with Crippen LogP contribution in [0.1, 0.15) is 39.0 Å². The Hall–Kier alpha value is -1.06. The van der Waals surface area contributed by atoms with Crippen molar-refractivity contribution < 1.29 is 14.7 Å². The van der Waals surface area contributed by atoms with Gasteiger partial charge in [0.25, 0.3) is 0 Å². The predicted octanol–water partition coefficient (Wildman–Crippen LogP) is 1.74. The number of amides is 1. The maximum Gasteiger partial charge on any atom is 0.307 e. The maximum atomic E-state index is 12.3. The first-order chi connectivity index (χ1) is 8.04. The van der Waals surface area contributed by atoms with Gasteiger partial charge in [0, 0.05) is 13.1 Å². The number of rotatable bonds is 4. The summed E-state index contributed by atoms with van der Waals surface area (Å²) >= 11 is 0. The Morgan fingerprint density at radius 3 is 2.29 bits per heavy atom. The molecule has 4 heteroatoms. The lowest BCUT2D eigenvalue weighted by atomic mass is 9.95. The fraction of sp³-hybridized carbons (Fsp3) is 0.846. The maximum absolute atomic E-state index is 12.3. The Morgan fingerprint density at radius 1 is 1.24 bits per heavy atom. The standard InChI is InChI=1S/C13H21NO3/c1-3-8-6-10(11(7-8)13(16)17)12(15)14(2)9-4-5-9/h8-11H,3-7H2,1-2H3,(H,16,17)/t8?,10-,11+/m0/s1. The molecule has 0 radical (unpaired) electrons. The van der Waals surface area contributed by atoms with Gasteiger partial charge in [-0.1, -0.05) is 13.3 Å². The van der Waals surface area contributed by atoms with Crippen LogP contribution in [0.5, 0.6) is 0 Å². The summed E-state index contributed by atoms with van der Waals surface area (Å²) in [6.45, 7) is 2.07. The highest BCUT2D eigenvalue weighted by molar-refractivity contribution is 5.85. The zero-order chi connectivity index (χ0) is 12.6. The fourth-order valence-electron chi connectivity index (χ4n) is 2.93. The van der Waals surface area contributed by atoms with Crippen molar-refractivity contribution in [3.8, 4) is 0 Å². The molecule has 2 rings (SSSR count). The third-order valence-corrected chi connectivity index (χ3v) is 4.31. The first kappa shape index (κ1) is 12.4. The average molecular weight is 239 g/mol. The minimum Gasteiger partial charge on any atom is -0.481 e. The van der Waals surface area contributed by atoms with E-state index < -0.39 is 11.9 Å². The molecular weight excluding hydrogens is 218 g/mol. The summed E-state index contributed by atoms with van der Waals surface area (Å²) in [6, 6.07) is 0.373. The number of carboxylic acid groups (broad SMARTS) is 1. The molecule has 0 heterocycles. The van der Waals surface area contributed by atoms with E-state index in [-0.39, 0.29) is 11.8 Å². The second kappa shape index (κ2) is 4.67. The largest absolute Gasteiger partial charge is 0.481 e. The van der Waals surface area contributed by atoms with Gasteiger partial charge in [-0.05, 0) is 31.6 Å². The lowest BCUT2D eigenvalue weighted by Crippen LogP contribution is -2.38. The van der Waals surface area contributed by atoms with E-state index in [1.165, 1.54) is 0 Å². The molecule has 2 aliphatic carbocycles. The number of carbonyl (C=O) groups is 2. The number of aliphatic carboxylic acids is 1. The van der Waals surface area contributed by atoms with Crippen LogP contribution >= 0.6 is 0 Å². The fourth-order valence-corrected chi connectivity index (χ4v) is 2.93. The van der Waals surface area contributed by atoms with E-state index in [9.17, 15) is 14.7 Å².